The molecule has 0 aliphatic heterocycles. The lowest BCUT2D eigenvalue weighted by Crippen LogP contribution is -2.10. The molecule has 3 heteroatoms. The highest BCUT2D eigenvalue weighted by Crippen LogP contribution is 2.05. The quantitative estimate of drug-likeness (QED) is 0.743. The lowest BCUT2D eigenvalue weighted by Gasteiger charge is -1.93. The van der Waals surface area contributed by atoms with Crippen molar-refractivity contribution in [2.24, 2.45) is 5.73 Å². The molecule has 0 aliphatic rings. The molecule has 1 aromatic rings. The van der Waals surface area contributed by atoms with E-state index in [1.54, 1.807) is 18.2 Å². The van der Waals surface area contributed by atoms with Gasteiger partial charge in [0.25, 0.3) is 0 Å². The molecule has 0 fully saturated rings. The van der Waals surface area contributed by atoms with Crippen molar-refractivity contribution >= 4 is 28.5 Å². The summed E-state index contributed by atoms with van der Waals surface area (Å²) < 4.78 is 0.967. The van der Waals surface area contributed by atoms with Crippen LogP contribution in [0.15, 0.2) is 18.2 Å². The summed E-state index contributed by atoms with van der Waals surface area (Å²) in [5.74, 6) is -0.408. The van der Waals surface area contributed by atoms with E-state index in [2.05, 4.69) is 28.7 Å². The fourth-order valence-electron chi connectivity index (χ4n) is 0.585. The van der Waals surface area contributed by atoms with Crippen LogP contribution >= 0.6 is 22.6 Å². The first-order valence-corrected chi connectivity index (χ1v) is 3.74. The number of carbonyl (C=O) groups is 1. The van der Waals surface area contributed by atoms with E-state index in [1.807, 2.05) is 0 Å². The zero-order valence-electron chi connectivity index (χ0n) is 5.10. The van der Waals surface area contributed by atoms with Gasteiger partial charge in [-0.1, -0.05) is 0 Å². The average molecular weight is 246 g/mol. The van der Waals surface area contributed by atoms with Crippen molar-refractivity contribution in [3.8, 4) is 0 Å². The molecule has 10 heavy (non-hydrogen) atoms. The molecule has 0 aromatic heterocycles. The van der Waals surface area contributed by atoms with Crippen LogP contribution in [0, 0.1) is 9.64 Å². The highest BCUT2D eigenvalue weighted by molar-refractivity contribution is 14.1. The Morgan fingerprint density at radius 1 is 1.60 bits per heavy atom. The fourth-order valence-corrected chi connectivity index (χ4v) is 1.10. The van der Waals surface area contributed by atoms with Crippen molar-refractivity contribution in [3.05, 3.63) is 33.4 Å². The lowest BCUT2D eigenvalue weighted by atomic mass is 10.2. The Kier molecular flexibility index (Phi) is 2.26. The maximum atomic E-state index is 10.6. The van der Waals surface area contributed by atoms with Crippen molar-refractivity contribution in [1.29, 1.82) is 0 Å². The summed E-state index contributed by atoms with van der Waals surface area (Å²) in [4.78, 5) is 10.6. The molecule has 0 atom stereocenters. The molecule has 0 heterocycles. The Morgan fingerprint density at radius 3 is 2.70 bits per heavy atom. The second kappa shape index (κ2) is 3.01. The number of primary amides is 1. The molecule has 2 nitrogen and oxygen atoms in total. The van der Waals surface area contributed by atoms with Crippen LogP contribution < -0.4 is 5.73 Å². The van der Waals surface area contributed by atoms with Crippen LogP contribution in [0.4, 0.5) is 0 Å². The van der Waals surface area contributed by atoms with Crippen molar-refractivity contribution in [1.82, 2.24) is 0 Å². The topological polar surface area (TPSA) is 43.1 Å². The largest absolute Gasteiger partial charge is 0.366 e. The van der Waals surface area contributed by atoms with Gasteiger partial charge in [0.05, 0.1) is 0 Å². The number of benzene rings is 1. The van der Waals surface area contributed by atoms with Crippen LogP contribution in [-0.2, 0) is 0 Å². The van der Waals surface area contributed by atoms with E-state index >= 15 is 0 Å². The Balaban J connectivity index is 3.07. The normalized spacial score (nSPS) is 9.30. The van der Waals surface area contributed by atoms with Gasteiger partial charge in [0.1, 0.15) is 0 Å². The SMILES string of the molecule is NC(=O)c1c[c]cc(I)c1. The van der Waals surface area contributed by atoms with Gasteiger partial charge < -0.3 is 5.73 Å². The first kappa shape index (κ1) is 7.53. The summed E-state index contributed by atoms with van der Waals surface area (Å²) in [5.41, 5.74) is 5.53. The smallest absolute Gasteiger partial charge is 0.248 e. The minimum atomic E-state index is -0.408. The predicted molar refractivity (Wildman–Crippen MR) is 46.5 cm³/mol. The Hall–Kier alpha value is -0.580. The third kappa shape index (κ3) is 1.70. The number of halogens is 1. The molecule has 1 aromatic carbocycles. The van der Waals surface area contributed by atoms with Gasteiger partial charge in [0.15, 0.2) is 0 Å². The maximum absolute atomic E-state index is 10.6. The molecule has 0 saturated carbocycles. The predicted octanol–water partition coefficient (Wildman–Crippen LogP) is 1.19. The van der Waals surface area contributed by atoms with Gasteiger partial charge >= 0.3 is 0 Å². The van der Waals surface area contributed by atoms with Crippen LogP contribution in [0.25, 0.3) is 0 Å². The van der Waals surface area contributed by atoms with E-state index < -0.39 is 5.91 Å². The van der Waals surface area contributed by atoms with Gasteiger partial charge in [0, 0.05) is 9.13 Å². The van der Waals surface area contributed by atoms with Crippen LogP contribution in [-0.4, -0.2) is 5.91 Å². The number of hydrogen-bond acceptors (Lipinski definition) is 1. The van der Waals surface area contributed by atoms with Gasteiger partial charge in [-0.25, -0.2) is 0 Å². The Morgan fingerprint density at radius 2 is 2.30 bits per heavy atom. The van der Waals surface area contributed by atoms with Gasteiger partial charge in [-0.2, -0.15) is 0 Å². The summed E-state index contributed by atoms with van der Waals surface area (Å²) in [6.45, 7) is 0. The van der Waals surface area contributed by atoms with Gasteiger partial charge in [0.2, 0.25) is 5.91 Å². The summed E-state index contributed by atoms with van der Waals surface area (Å²) in [5, 5.41) is 0. The maximum Gasteiger partial charge on any atom is 0.248 e. The Labute approximate surface area is 72.6 Å². The molecule has 2 N–H and O–H groups in total. The second-order valence-electron chi connectivity index (χ2n) is 1.80. The molecule has 0 bridgehead atoms. The second-order valence-corrected chi connectivity index (χ2v) is 3.05. The van der Waals surface area contributed by atoms with Crippen molar-refractivity contribution in [3.63, 3.8) is 0 Å². The minimum Gasteiger partial charge on any atom is -0.366 e. The number of hydrogen-bond donors (Lipinski definition) is 1. The summed E-state index contributed by atoms with van der Waals surface area (Å²) >= 11 is 2.10. The van der Waals surface area contributed by atoms with E-state index in [4.69, 9.17) is 5.73 Å². The molecule has 0 aliphatic carbocycles. The first-order chi connectivity index (χ1) is 4.70. The molecular formula is C7H5INO. The van der Waals surface area contributed by atoms with Gasteiger partial charge in [-0.3, -0.25) is 4.79 Å². The number of amides is 1. The Bertz CT molecular complexity index is 260. The first-order valence-electron chi connectivity index (χ1n) is 2.66. The highest BCUT2D eigenvalue weighted by atomic mass is 127. The molecule has 0 unspecified atom stereocenters. The van der Waals surface area contributed by atoms with E-state index in [0.29, 0.717) is 5.56 Å². The molecule has 0 spiro atoms. The van der Waals surface area contributed by atoms with E-state index in [9.17, 15) is 4.79 Å². The van der Waals surface area contributed by atoms with Crippen molar-refractivity contribution < 1.29 is 4.79 Å². The van der Waals surface area contributed by atoms with Crippen molar-refractivity contribution in [2.45, 2.75) is 0 Å². The summed E-state index contributed by atoms with van der Waals surface area (Å²) in [6.07, 6.45) is 0. The van der Waals surface area contributed by atoms with E-state index in [0.717, 1.165) is 3.57 Å². The van der Waals surface area contributed by atoms with Gasteiger partial charge in [-0.05, 0) is 46.9 Å². The number of carbonyl (C=O) groups excluding carboxylic acids is 1. The standard InChI is InChI=1S/C7H5INO/c8-6-3-1-2-5(4-6)7(9)10/h2-4H,(H2,9,10). The summed E-state index contributed by atoms with van der Waals surface area (Å²) in [6, 6.07) is 7.88. The van der Waals surface area contributed by atoms with Crippen LogP contribution in [0.3, 0.4) is 0 Å². The molecule has 0 saturated heterocycles. The highest BCUT2D eigenvalue weighted by Gasteiger charge is 1.97. The third-order valence-electron chi connectivity index (χ3n) is 1.04. The lowest BCUT2D eigenvalue weighted by molar-refractivity contribution is 0.1000. The number of nitrogens with two attached hydrogens (primary N) is 1. The molecular weight excluding hydrogens is 241 g/mol. The molecule has 1 rings (SSSR count). The zero-order chi connectivity index (χ0) is 7.56. The van der Waals surface area contributed by atoms with E-state index in [-0.39, 0.29) is 0 Å². The minimum absolute atomic E-state index is 0.408. The number of rotatable bonds is 1. The molecule has 1 amide bonds. The summed E-state index contributed by atoms with van der Waals surface area (Å²) in [7, 11) is 0. The van der Waals surface area contributed by atoms with Crippen LogP contribution in [0.1, 0.15) is 10.4 Å². The fraction of sp³-hybridized carbons (Fsp3) is 0. The molecule has 1 radical (unpaired) electrons. The van der Waals surface area contributed by atoms with Gasteiger partial charge in [-0.15, -0.1) is 0 Å². The van der Waals surface area contributed by atoms with Crippen molar-refractivity contribution in [2.75, 3.05) is 0 Å². The van der Waals surface area contributed by atoms with E-state index in [1.165, 1.54) is 0 Å². The third-order valence-corrected chi connectivity index (χ3v) is 1.66. The van der Waals surface area contributed by atoms with Crippen LogP contribution in [0.5, 0.6) is 0 Å². The monoisotopic (exact) mass is 246 g/mol. The average Bonchev–Trinajstić information content (AvgIpc) is 1.88. The molecule has 51 valence electrons. The zero-order valence-corrected chi connectivity index (χ0v) is 7.25. The van der Waals surface area contributed by atoms with Crippen LogP contribution in [0.2, 0.25) is 0 Å².